The van der Waals surface area contributed by atoms with Gasteiger partial charge in [-0.2, -0.15) is 18.2 Å². The number of likely N-dealkylation sites (tertiary alicyclic amines) is 1. The van der Waals surface area contributed by atoms with E-state index in [2.05, 4.69) is 22.0 Å². The van der Waals surface area contributed by atoms with E-state index in [1.165, 1.54) is 12.1 Å². The van der Waals surface area contributed by atoms with Crippen molar-refractivity contribution in [1.29, 1.82) is 0 Å². The Morgan fingerprint density at radius 1 is 1.35 bits per heavy atom. The number of hydrogen-bond acceptors (Lipinski definition) is 5. The smallest absolute Gasteiger partial charge is 0.375 e. The average molecular weight is 442 g/mol. The second kappa shape index (κ2) is 9.04. The third-order valence-electron chi connectivity index (χ3n) is 4.91. The van der Waals surface area contributed by atoms with Crippen molar-refractivity contribution in [2.24, 2.45) is 0 Å². The maximum Gasteiger partial charge on any atom is 0.405 e. The molecule has 3 rings (SSSR count). The molecule has 1 aromatic carbocycles. The van der Waals surface area contributed by atoms with Gasteiger partial charge in [-0.05, 0) is 37.6 Å². The lowest BCUT2D eigenvalue weighted by Crippen LogP contribution is -2.47. The van der Waals surface area contributed by atoms with Crippen LogP contribution in [0.5, 0.6) is 0 Å². The summed E-state index contributed by atoms with van der Waals surface area (Å²) >= 11 is 0. The molecule has 1 N–H and O–H groups in total. The van der Waals surface area contributed by atoms with Crippen LogP contribution >= 0.6 is 0 Å². The molecule has 31 heavy (non-hydrogen) atoms. The highest BCUT2D eigenvalue weighted by Crippen LogP contribution is 2.47. The van der Waals surface area contributed by atoms with Crippen LogP contribution in [-0.4, -0.2) is 60.1 Å². The first kappa shape index (κ1) is 22.7. The number of urea groups is 1. The van der Waals surface area contributed by atoms with Crippen molar-refractivity contribution in [3.63, 3.8) is 0 Å². The van der Waals surface area contributed by atoms with Gasteiger partial charge in [0.25, 0.3) is 0 Å². The van der Waals surface area contributed by atoms with E-state index in [-0.39, 0.29) is 25.5 Å². The highest BCUT2D eigenvalue weighted by molar-refractivity contribution is 5.74. The van der Waals surface area contributed by atoms with Crippen molar-refractivity contribution in [2.75, 3.05) is 32.8 Å². The zero-order chi connectivity index (χ0) is 22.6. The number of ether oxygens (including phenoxy) is 1. The Bertz CT molecular complexity index is 929. The zero-order valence-electron chi connectivity index (χ0n) is 16.8. The fraction of sp³-hybridized carbons (Fsp3) is 0.450. The topological polar surface area (TPSA) is 80.5 Å². The molecule has 7 nitrogen and oxygen atoms in total. The fourth-order valence-electron chi connectivity index (χ4n) is 3.23. The summed E-state index contributed by atoms with van der Waals surface area (Å²) in [5, 5.41) is 6.16. The van der Waals surface area contributed by atoms with E-state index in [0.29, 0.717) is 12.2 Å². The summed E-state index contributed by atoms with van der Waals surface area (Å²) < 4.78 is 65.5. The summed E-state index contributed by atoms with van der Waals surface area (Å²) in [6.45, 7) is 5.38. The Kier molecular flexibility index (Phi) is 6.63. The van der Waals surface area contributed by atoms with Gasteiger partial charge < -0.3 is 19.5 Å². The average Bonchev–Trinajstić information content (AvgIpc) is 3.36. The molecule has 0 saturated carbocycles. The van der Waals surface area contributed by atoms with E-state index < -0.39 is 42.3 Å². The molecule has 2 aromatic rings. The van der Waals surface area contributed by atoms with Gasteiger partial charge in [-0.1, -0.05) is 17.3 Å². The van der Waals surface area contributed by atoms with Gasteiger partial charge in [-0.15, -0.1) is 0 Å². The van der Waals surface area contributed by atoms with E-state index in [9.17, 15) is 22.4 Å². The zero-order valence-corrected chi connectivity index (χ0v) is 16.8. The summed E-state index contributed by atoms with van der Waals surface area (Å²) in [5.74, 6) is -1.21. The van der Waals surface area contributed by atoms with Crippen LogP contribution in [0.1, 0.15) is 19.2 Å². The van der Waals surface area contributed by atoms with E-state index in [1.54, 1.807) is 6.92 Å². The van der Waals surface area contributed by atoms with Crippen molar-refractivity contribution in [1.82, 2.24) is 20.4 Å². The number of alkyl halides is 3. The van der Waals surface area contributed by atoms with Gasteiger partial charge in [0, 0.05) is 25.2 Å². The molecule has 0 bridgehead atoms. The first-order valence-electron chi connectivity index (χ1n) is 9.54. The Hall–Kier alpha value is -2.95. The van der Waals surface area contributed by atoms with Crippen LogP contribution < -0.4 is 5.32 Å². The lowest BCUT2D eigenvalue weighted by Gasteiger charge is -2.28. The van der Waals surface area contributed by atoms with Crippen molar-refractivity contribution >= 4 is 6.03 Å². The van der Waals surface area contributed by atoms with E-state index in [4.69, 9.17) is 9.26 Å². The summed E-state index contributed by atoms with van der Waals surface area (Å²) in [4.78, 5) is 17.3. The lowest BCUT2D eigenvalue weighted by atomic mass is 9.86. The fourth-order valence-corrected chi connectivity index (χ4v) is 3.23. The van der Waals surface area contributed by atoms with Crippen LogP contribution in [-0.2, 0) is 10.2 Å². The van der Waals surface area contributed by atoms with Crippen molar-refractivity contribution < 1.29 is 31.6 Å². The molecule has 1 aliphatic rings. The summed E-state index contributed by atoms with van der Waals surface area (Å²) in [7, 11) is 0. The number of amides is 2. The second-order valence-corrected chi connectivity index (χ2v) is 7.42. The summed E-state index contributed by atoms with van der Waals surface area (Å²) in [6, 6.07) is 4.34. The molecule has 0 aliphatic carbocycles. The van der Waals surface area contributed by atoms with Gasteiger partial charge in [0.05, 0.1) is 13.2 Å². The SMILES string of the molecule is C=C(C)COCCNC(=O)N1CCC(c2nc(-c3ccc(F)cc3)no2)(C(F)(F)F)C1. The Morgan fingerprint density at radius 3 is 2.71 bits per heavy atom. The molecule has 1 atom stereocenters. The number of rotatable bonds is 7. The number of benzene rings is 1. The van der Waals surface area contributed by atoms with Gasteiger partial charge in [0.2, 0.25) is 11.7 Å². The minimum Gasteiger partial charge on any atom is -0.375 e. The lowest BCUT2D eigenvalue weighted by molar-refractivity contribution is -0.193. The number of aromatic nitrogens is 2. The first-order valence-corrected chi connectivity index (χ1v) is 9.54. The third kappa shape index (κ3) is 5.04. The van der Waals surface area contributed by atoms with Crippen molar-refractivity contribution in [3.05, 3.63) is 48.1 Å². The predicted molar refractivity (Wildman–Crippen MR) is 103 cm³/mol. The first-order chi connectivity index (χ1) is 14.6. The quantitative estimate of drug-likeness (QED) is 0.402. The van der Waals surface area contributed by atoms with Crippen LogP contribution in [0.2, 0.25) is 0 Å². The normalized spacial score (nSPS) is 18.9. The number of nitrogens with one attached hydrogen (secondary N) is 1. The van der Waals surface area contributed by atoms with Crippen molar-refractivity contribution in [3.8, 4) is 11.4 Å². The molecule has 1 aliphatic heterocycles. The molecule has 1 fully saturated rings. The molecular weight excluding hydrogens is 420 g/mol. The van der Waals surface area contributed by atoms with E-state index >= 15 is 0 Å². The van der Waals surface area contributed by atoms with Crippen molar-refractivity contribution in [2.45, 2.75) is 24.9 Å². The van der Waals surface area contributed by atoms with Crippen LogP contribution in [0.15, 0.2) is 40.9 Å². The Labute approximate surface area is 176 Å². The maximum atomic E-state index is 14.1. The monoisotopic (exact) mass is 442 g/mol. The second-order valence-electron chi connectivity index (χ2n) is 7.42. The number of halogens is 4. The molecular formula is C20H22F4N4O3. The Morgan fingerprint density at radius 2 is 2.06 bits per heavy atom. The molecule has 2 heterocycles. The van der Waals surface area contributed by atoms with Gasteiger partial charge in [-0.25, -0.2) is 9.18 Å². The van der Waals surface area contributed by atoms with Gasteiger partial charge in [0.1, 0.15) is 5.82 Å². The molecule has 0 radical (unpaired) electrons. The van der Waals surface area contributed by atoms with Gasteiger partial charge in [-0.3, -0.25) is 0 Å². The van der Waals surface area contributed by atoms with Crippen LogP contribution in [0, 0.1) is 5.82 Å². The number of hydrogen-bond donors (Lipinski definition) is 1. The predicted octanol–water partition coefficient (Wildman–Crippen LogP) is 3.68. The minimum atomic E-state index is -4.72. The third-order valence-corrected chi connectivity index (χ3v) is 4.91. The maximum absolute atomic E-state index is 14.1. The van der Waals surface area contributed by atoms with Gasteiger partial charge in [0.15, 0.2) is 5.41 Å². The summed E-state index contributed by atoms with van der Waals surface area (Å²) in [6.07, 6.45) is -5.14. The molecule has 1 aromatic heterocycles. The molecule has 168 valence electrons. The highest BCUT2D eigenvalue weighted by atomic mass is 19.4. The molecule has 0 spiro atoms. The molecule has 11 heteroatoms. The van der Waals surface area contributed by atoms with Crippen LogP contribution in [0.3, 0.4) is 0 Å². The highest BCUT2D eigenvalue weighted by Gasteiger charge is 2.63. The molecule has 2 amide bonds. The largest absolute Gasteiger partial charge is 0.405 e. The number of nitrogens with zero attached hydrogens (tertiary/aromatic N) is 3. The molecule has 1 unspecified atom stereocenters. The van der Waals surface area contributed by atoms with Gasteiger partial charge >= 0.3 is 12.2 Å². The molecule has 1 saturated heterocycles. The Balaban J connectivity index is 1.71. The minimum absolute atomic E-state index is 0.0869. The van der Waals surface area contributed by atoms with Crippen LogP contribution in [0.4, 0.5) is 22.4 Å². The van der Waals surface area contributed by atoms with E-state index in [1.807, 2.05) is 0 Å². The number of carbonyl (C=O) groups excluding carboxylic acids is 1. The standard InChI is InChI=1S/C20H22F4N4O3/c1-13(2)11-30-10-8-25-18(29)28-9-7-19(12-28,20(22,23)24)17-26-16(27-31-17)14-3-5-15(21)6-4-14/h3-6H,1,7-12H2,2H3,(H,25,29). The van der Waals surface area contributed by atoms with Crippen LogP contribution in [0.25, 0.3) is 11.4 Å². The summed E-state index contributed by atoms with van der Waals surface area (Å²) in [5.41, 5.74) is -1.34. The number of carbonyl (C=O) groups is 1. The van der Waals surface area contributed by atoms with E-state index in [0.717, 1.165) is 22.6 Å².